The molecule has 0 fully saturated rings. The predicted octanol–water partition coefficient (Wildman–Crippen LogP) is -9.97. The molecule has 0 amide bonds. The second-order valence-electron chi connectivity index (χ2n) is 2.99. The molecule has 18 heavy (non-hydrogen) atoms. The Kier molecular flexibility index (Phi) is 13.8. The van der Waals surface area contributed by atoms with Gasteiger partial charge in [-0.25, -0.2) is 0 Å². The summed E-state index contributed by atoms with van der Waals surface area (Å²) in [7, 11) is -4.74. The average molecular weight is 318 g/mol. The van der Waals surface area contributed by atoms with E-state index in [2.05, 4.69) is 0 Å². The van der Waals surface area contributed by atoms with Gasteiger partial charge in [-0.15, -0.1) is 0 Å². The zero-order valence-electron chi connectivity index (χ0n) is 9.34. The molecule has 0 radical (unpaired) electrons. The van der Waals surface area contributed by atoms with Crippen molar-refractivity contribution < 1.29 is 80.2 Å². The number of hydrogen-bond donors (Lipinski definition) is 6. The van der Waals surface area contributed by atoms with Crippen molar-refractivity contribution in [2.24, 2.45) is 0 Å². The van der Waals surface area contributed by atoms with Crippen LogP contribution in [0.25, 0.3) is 0 Å². The quantitative estimate of drug-likeness (QED) is 0.153. The van der Waals surface area contributed by atoms with Gasteiger partial charge in [-0.2, -0.15) is 13.1 Å². The second-order valence-corrected chi connectivity index (χ2v) is 4.17. The first-order chi connectivity index (χ1) is 7.22. The van der Waals surface area contributed by atoms with Crippen LogP contribution < -0.4 is 46.7 Å². The van der Waals surface area contributed by atoms with E-state index in [9.17, 15) is 18.3 Å². The molecule has 0 aliphatic carbocycles. The molecule has 0 aliphatic heterocycles. The third kappa shape index (κ3) is 8.72. The maximum atomic E-state index is 10.4. The number of halogens is 1. The minimum atomic E-state index is -4.74. The van der Waals surface area contributed by atoms with Crippen LogP contribution in [-0.4, -0.2) is 70.6 Å². The third-order valence-electron chi connectivity index (χ3n) is 1.73. The molecule has 0 aromatic heterocycles. The van der Waals surface area contributed by atoms with Gasteiger partial charge in [0, 0.05) is 0 Å². The molecular formula is C6H13ClNNaO8S. The Bertz CT molecular complexity index is 328. The van der Waals surface area contributed by atoms with Gasteiger partial charge in [0.15, 0.2) is 0 Å². The van der Waals surface area contributed by atoms with E-state index in [0.29, 0.717) is 0 Å². The van der Waals surface area contributed by atoms with Gasteiger partial charge in [0.2, 0.25) is 0 Å². The summed E-state index contributed by atoms with van der Waals surface area (Å²) < 4.78 is 30.4. The van der Waals surface area contributed by atoms with Crippen molar-refractivity contribution in [2.75, 3.05) is 6.61 Å². The van der Waals surface area contributed by atoms with Crippen molar-refractivity contribution in [1.82, 2.24) is 4.72 Å². The van der Waals surface area contributed by atoms with Crippen LogP contribution in [0.1, 0.15) is 0 Å². The maximum Gasteiger partial charge on any atom is 1.00 e. The Morgan fingerprint density at radius 2 is 1.61 bits per heavy atom. The van der Waals surface area contributed by atoms with Crippen LogP contribution >= 0.6 is 0 Å². The molecule has 0 spiro atoms. The molecule has 4 atom stereocenters. The molecule has 12 heteroatoms. The van der Waals surface area contributed by atoms with E-state index in [1.165, 1.54) is 4.72 Å². The molecule has 9 nitrogen and oxygen atoms in total. The summed E-state index contributed by atoms with van der Waals surface area (Å²) in [6, 6.07) is -1.84. The van der Waals surface area contributed by atoms with Gasteiger partial charge < -0.3 is 37.6 Å². The van der Waals surface area contributed by atoms with Gasteiger partial charge in [0.05, 0.1) is 6.61 Å². The van der Waals surface area contributed by atoms with Crippen molar-refractivity contribution in [1.29, 1.82) is 0 Å². The Hall–Kier alpha value is 0.670. The number of aliphatic hydroxyl groups is 4. The molecule has 0 aromatic carbocycles. The first-order valence-electron chi connectivity index (χ1n) is 4.08. The minimum absolute atomic E-state index is 0. The zero-order chi connectivity index (χ0) is 12.9. The fourth-order valence-corrected chi connectivity index (χ4v) is 1.44. The molecule has 0 bridgehead atoms. The summed E-state index contributed by atoms with van der Waals surface area (Å²) in [5.74, 6) is 0. The largest absolute Gasteiger partial charge is 1.00 e. The van der Waals surface area contributed by atoms with Crippen LogP contribution in [0, 0.1) is 0 Å². The third-order valence-corrected chi connectivity index (χ3v) is 2.30. The normalized spacial score (nSPS) is 17.6. The van der Waals surface area contributed by atoms with Crippen LogP contribution in [-0.2, 0) is 15.1 Å². The topological polar surface area (TPSA) is 164 Å². The number of carbonyl (C=O) groups excluding carboxylic acids is 1. The van der Waals surface area contributed by atoms with E-state index < -0.39 is 41.3 Å². The SMILES string of the molecule is O=C[C@H](NS(=O)(=O)O)[C@@H](O)[C@H](O)[C@H](O)CO.[Cl-].[Na+]. The Labute approximate surface area is 132 Å². The van der Waals surface area contributed by atoms with Gasteiger partial charge >= 0.3 is 39.9 Å². The summed E-state index contributed by atoms with van der Waals surface area (Å²) in [4.78, 5) is 10.4. The van der Waals surface area contributed by atoms with Gasteiger partial charge in [-0.1, -0.05) is 0 Å². The Morgan fingerprint density at radius 3 is 1.89 bits per heavy atom. The number of rotatable bonds is 7. The number of nitrogens with one attached hydrogen (secondary N) is 1. The van der Waals surface area contributed by atoms with Crippen molar-refractivity contribution in [3.8, 4) is 0 Å². The first-order valence-corrected chi connectivity index (χ1v) is 5.52. The van der Waals surface area contributed by atoms with Crippen LogP contribution in [0.3, 0.4) is 0 Å². The van der Waals surface area contributed by atoms with Crippen LogP contribution in [0.2, 0.25) is 0 Å². The molecule has 0 saturated carbocycles. The summed E-state index contributed by atoms with van der Waals surface area (Å²) in [5, 5.41) is 35.8. The van der Waals surface area contributed by atoms with Crippen molar-refractivity contribution >= 4 is 16.6 Å². The fourth-order valence-electron chi connectivity index (χ4n) is 0.898. The van der Waals surface area contributed by atoms with Crippen molar-refractivity contribution in [3.05, 3.63) is 0 Å². The van der Waals surface area contributed by atoms with E-state index in [-0.39, 0.29) is 48.3 Å². The van der Waals surface area contributed by atoms with Gasteiger partial charge in [0.1, 0.15) is 30.6 Å². The summed E-state index contributed by atoms with van der Waals surface area (Å²) in [6.07, 6.45) is -5.79. The maximum absolute atomic E-state index is 10.4. The van der Waals surface area contributed by atoms with E-state index in [4.69, 9.17) is 19.9 Å². The standard InChI is InChI=1S/C6H13NO8S.ClH.Na/c8-1-3(7-16(13,14)15)5(11)6(12)4(10)2-9;;/h1,3-7,9-12H,2H2,(H,13,14,15);1H;/q;;+1/p-1/t3-,4+,5+,6+;;/m0../s1. The Morgan fingerprint density at radius 1 is 1.17 bits per heavy atom. The fraction of sp³-hybridized carbons (Fsp3) is 0.833. The zero-order valence-corrected chi connectivity index (χ0v) is 12.9. The summed E-state index contributed by atoms with van der Waals surface area (Å²) in [6.45, 7) is -0.893. The van der Waals surface area contributed by atoms with E-state index in [1.54, 1.807) is 0 Å². The molecule has 0 unspecified atom stereocenters. The molecule has 0 heterocycles. The summed E-state index contributed by atoms with van der Waals surface area (Å²) >= 11 is 0. The minimum Gasteiger partial charge on any atom is -1.00 e. The molecule has 6 N–H and O–H groups in total. The van der Waals surface area contributed by atoms with Gasteiger partial charge in [0.25, 0.3) is 0 Å². The van der Waals surface area contributed by atoms with E-state index in [0.717, 1.165) is 0 Å². The number of aldehydes is 1. The Balaban J connectivity index is -0.00000112. The van der Waals surface area contributed by atoms with Gasteiger partial charge in [-0.3, -0.25) is 4.55 Å². The monoisotopic (exact) mass is 317 g/mol. The molecule has 0 rings (SSSR count). The van der Waals surface area contributed by atoms with E-state index >= 15 is 0 Å². The molecule has 0 aliphatic rings. The van der Waals surface area contributed by atoms with Crippen molar-refractivity contribution in [2.45, 2.75) is 24.4 Å². The number of aliphatic hydroxyl groups excluding tert-OH is 4. The smallest absolute Gasteiger partial charge is 1.00 e. The van der Waals surface area contributed by atoms with E-state index in [1.807, 2.05) is 0 Å². The van der Waals surface area contributed by atoms with Crippen LogP contribution in [0.4, 0.5) is 0 Å². The molecular weight excluding hydrogens is 305 g/mol. The van der Waals surface area contributed by atoms with Crippen molar-refractivity contribution in [3.63, 3.8) is 0 Å². The molecule has 104 valence electrons. The van der Waals surface area contributed by atoms with Gasteiger partial charge in [-0.05, 0) is 0 Å². The average Bonchev–Trinajstić information content (AvgIpc) is 2.21. The number of hydrogen-bond acceptors (Lipinski definition) is 7. The molecule has 0 saturated heterocycles. The number of carbonyl (C=O) groups is 1. The van der Waals surface area contributed by atoms with Crippen LogP contribution in [0.15, 0.2) is 0 Å². The molecule has 0 aromatic rings. The second kappa shape index (κ2) is 10.5. The van der Waals surface area contributed by atoms with Crippen LogP contribution in [0.5, 0.6) is 0 Å². The predicted molar refractivity (Wildman–Crippen MR) is 49.6 cm³/mol. The summed E-state index contributed by atoms with van der Waals surface area (Å²) in [5.41, 5.74) is 0. The first kappa shape index (κ1) is 23.7.